The van der Waals surface area contributed by atoms with Gasteiger partial charge in [0.1, 0.15) is 6.33 Å². The molecule has 66 valence electrons. The molecule has 13 heavy (non-hydrogen) atoms. The Morgan fingerprint density at radius 2 is 2.31 bits per heavy atom. The van der Waals surface area contributed by atoms with E-state index in [0.717, 1.165) is 11.5 Å². The van der Waals surface area contributed by atoms with Gasteiger partial charge in [0.05, 0.1) is 17.6 Å². The Balaban J connectivity index is 2.48. The standard InChI is InChI=1S/C8H9N5/c1-6-7(9)4-13(12-6)8-2-3-10-5-11-8/h2-5H,9H2,1H3. The predicted octanol–water partition coefficient (Wildman–Crippen LogP) is 0.553. The predicted molar refractivity (Wildman–Crippen MR) is 48.3 cm³/mol. The Morgan fingerprint density at radius 1 is 1.46 bits per heavy atom. The molecule has 0 aliphatic carbocycles. The van der Waals surface area contributed by atoms with Gasteiger partial charge >= 0.3 is 0 Å². The normalized spacial score (nSPS) is 10.2. The summed E-state index contributed by atoms with van der Waals surface area (Å²) in [7, 11) is 0. The summed E-state index contributed by atoms with van der Waals surface area (Å²) in [6, 6.07) is 1.77. The van der Waals surface area contributed by atoms with Crippen molar-refractivity contribution in [2.24, 2.45) is 0 Å². The van der Waals surface area contributed by atoms with Crippen molar-refractivity contribution in [3.63, 3.8) is 0 Å². The van der Waals surface area contributed by atoms with Crippen LogP contribution in [0.4, 0.5) is 5.69 Å². The fourth-order valence-corrected chi connectivity index (χ4v) is 1.01. The molecule has 2 heterocycles. The second-order valence-corrected chi connectivity index (χ2v) is 2.68. The zero-order valence-corrected chi connectivity index (χ0v) is 7.18. The first kappa shape index (κ1) is 7.72. The fourth-order valence-electron chi connectivity index (χ4n) is 1.01. The molecule has 0 saturated heterocycles. The van der Waals surface area contributed by atoms with Gasteiger partial charge in [0, 0.05) is 12.3 Å². The molecule has 0 fully saturated rings. The Morgan fingerprint density at radius 3 is 2.85 bits per heavy atom. The Bertz CT molecular complexity index is 386. The highest BCUT2D eigenvalue weighted by Gasteiger charge is 2.02. The smallest absolute Gasteiger partial charge is 0.156 e. The van der Waals surface area contributed by atoms with Crippen molar-refractivity contribution in [3.8, 4) is 5.82 Å². The van der Waals surface area contributed by atoms with E-state index >= 15 is 0 Å². The Kier molecular flexibility index (Phi) is 1.70. The van der Waals surface area contributed by atoms with Gasteiger partial charge in [-0.15, -0.1) is 0 Å². The maximum Gasteiger partial charge on any atom is 0.156 e. The number of anilines is 1. The SMILES string of the molecule is Cc1nn(-c2ccncn2)cc1N. The van der Waals surface area contributed by atoms with E-state index in [1.165, 1.54) is 6.33 Å². The van der Waals surface area contributed by atoms with Gasteiger partial charge in [-0.25, -0.2) is 14.6 Å². The molecule has 2 aromatic rings. The Hall–Kier alpha value is -1.91. The number of hydrogen-bond acceptors (Lipinski definition) is 4. The molecule has 0 unspecified atom stereocenters. The summed E-state index contributed by atoms with van der Waals surface area (Å²) in [6.45, 7) is 1.85. The fraction of sp³-hybridized carbons (Fsp3) is 0.125. The summed E-state index contributed by atoms with van der Waals surface area (Å²) >= 11 is 0. The van der Waals surface area contributed by atoms with Crippen LogP contribution in [0.15, 0.2) is 24.8 Å². The molecule has 0 radical (unpaired) electrons. The van der Waals surface area contributed by atoms with Gasteiger partial charge in [-0.3, -0.25) is 0 Å². The molecule has 5 nitrogen and oxygen atoms in total. The molecule has 0 aliphatic rings. The number of nitrogens with zero attached hydrogens (tertiary/aromatic N) is 4. The zero-order valence-electron chi connectivity index (χ0n) is 7.18. The molecule has 5 heteroatoms. The summed E-state index contributed by atoms with van der Waals surface area (Å²) in [5.41, 5.74) is 7.12. The number of nitrogen functional groups attached to an aromatic ring is 1. The van der Waals surface area contributed by atoms with Gasteiger partial charge in [-0.2, -0.15) is 5.10 Å². The van der Waals surface area contributed by atoms with Crippen LogP contribution in [0.2, 0.25) is 0 Å². The quantitative estimate of drug-likeness (QED) is 0.687. The maximum absolute atomic E-state index is 5.65. The number of aryl methyl sites for hydroxylation is 1. The van der Waals surface area contributed by atoms with E-state index in [4.69, 9.17) is 5.73 Å². The largest absolute Gasteiger partial charge is 0.396 e. The van der Waals surface area contributed by atoms with E-state index in [1.54, 1.807) is 23.1 Å². The average Bonchev–Trinajstić information content (AvgIpc) is 2.49. The van der Waals surface area contributed by atoms with Crippen LogP contribution >= 0.6 is 0 Å². The lowest BCUT2D eigenvalue weighted by molar-refractivity contribution is 0.826. The first-order valence-electron chi connectivity index (χ1n) is 3.85. The molecule has 2 N–H and O–H groups in total. The number of hydrogen-bond donors (Lipinski definition) is 1. The number of aromatic nitrogens is 4. The maximum atomic E-state index is 5.65. The van der Waals surface area contributed by atoms with Gasteiger partial charge in [-0.1, -0.05) is 0 Å². The van der Waals surface area contributed by atoms with Crippen molar-refractivity contribution >= 4 is 5.69 Å². The van der Waals surface area contributed by atoms with E-state index in [1.807, 2.05) is 6.92 Å². The topological polar surface area (TPSA) is 69.6 Å². The molecular weight excluding hydrogens is 166 g/mol. The van der Waals surface area contributed by atoms with Crippen molar-refractivity contribution < 1.29 is 0 Å². The summed E-state index contributed by atoms with van der Waals surface area (Å²) < 4.78 is 1.63. The van der Waals surface area contributed by atoms with Gasteiger partial charge in [0.15, 0.2) is 5.82 Å². The van der Waals surface area contributed by atoms with Gasteiger partial charge < -0.3 is 5.73 Å². The van der Waals surface area contributed by atoms with Crippen molar-refractivity contribution in [2.75, 3.05) is 5.73 Å². The lowest BCUT2D eigenvalue weighted by Gasteiger charge is -1.96. The highest BCUT2D eigenvalue weighted by atomic mass is 15.3. The van der Waals surface area contributed by atoms with Crippen molar-refractivity contribution in [3.05, 3.63) is 30.5 Å². The van der Waals surface area contributed by atoms with Crippen LogP contribution < -0.4 is 5.73 Å². The minimum atomic E-state index is 0.665. The van der Waals surface area contributed by atoms with E-state index < -0.39 is 0 Å². The van der Waals surface area contributed by atoms with Crippen LogP contribution in [0.5, 0.6) is 0 Å². The molecule has 0 spiro atoms. The minimum Gasteiger partial charge on any atom is -0.396 e. The lowest BCUT2D eigenvalue weighted by Crippen LogP contribution is -1.97. The van der Waals surface area contributed by atoms with Gasteiger partial charge in [-0.05, 0) is 6.92 Å². The van der Waals surface area contributed by atoms with E-state index in [-0.39, 0.29) is 0 Å². The molecule has 0 bridgehead atoms. The van der Waals surface area contributed by atoms with Crippen LogP contribution in [0.3, 0.4) is 0 Å². The number of nitrogens with two attached hydrogens (primary N) is 1. The second-order valence-electron chi connectivity index (χ2n) is 2.68. The molecule has 0 aliphatic heterocycles. The molecule has 0 amide bonds. The van der Waals surface area contributed by atoms with E-state index in [0.29, 0.717) is 5.69 Å². The summed E-state index contributed by atoms with van der Waals surface area (Å²) in [5, 5.41) is 4.18. The van der Waals surface area contributed by atoms with Crippen LogP contribution in [-0.2, 0) is 0 Å². The lowest BCUT2D eigenvalue weighted by atomic mass is 10.4. The third-order valence-electron chi connectivity index (χ3n) is 1.74. The highest BCUT2D eigenvalue weighted by Crippen LogP contribution is 2.09. The molecular formula is C8H9N5. The minimum absolute atomic E-state index is 0.665. The molecule has 2 rings (SSSR count). The van der Waals surface area contributed by atoms with Gasteiger partial charge in [0.25, 0.3) is 0 Å². The van der Waals surface area contributed by atoms with E-state index in [2.05, 4.69) is 15.1 Å². The molecule has 0 aromatic carbocycles. The summed E-state index contributed by atoms with van der Waals surface area (Å²) in [5.74, 6) is 0.717. The first-order valence-corrected chi connectivity index (χ1v) is 3.85. The van der Waals surface area contributed by atoms with Crippen LogP contribution in [0, 0.1) is 6.92 Å². The average molecular weight is 175 g/mol. The van der Waals surface area contributed by atoms with Crippen molar-refractivity contribution in [2.45, 2.75) is 6.92 Å². The van der Waals surface area contributed by atoms with Crippen molar-refractivity contribution in [1.82, 2.24) is 19.7 Å². The van der Waals surface area contributed by atoms with Crippen LogP contribution in [0.25, 0.3) is 5.82 Å². The van der Waals surface area contributed by atoms with Crippen LogP contribution in [-0.4, -0.2) is 19.7 Å². The molecule has 2 aromatic heterocycles. The Labute approximate surface area is 75.2 Å². The van der Waals surface area contributed by atoms with Crippen molar-refractivity contribution in [1.29, 1.82) is 0 Å². The molecule has 0 saturated carbocycles. The highest BCUT2D eigenvalue weighted by molar-refractivity contribution is 5.41. The first-order chi connectivity index (χ1) is 6.27. The number of rotatable bonds is 1. The third-order valence-corrected chi connectivity index (χ3v) is 1.74. The van der Waals surface area contributed by atoms with E-state index in [9.17, 15) is 0 Å². The second kappa shape index (κ2) is 2.85. The monoisotopic (exact) mass is 175 g/mol. The van der Waals surface area contributed by atoms with Gasteiger partial charge in [0.2, 0.25) is 0 Å². The zero-order chi connectivity index (χ0) is 9.26. The summed E-state index contributed by atoms with van der Waals surface area (Å²) in [4.78, 5) is 7.85. The van der Waals surface area contributed by atoms with Crippen LogP contribution in [0.1, 0.15) is 5.69 Å². The summed E-state index contributed by atoms with van der Waals surface area (Å²) in [6.07, 6.45) is 4.87. The molecule has 0 atom stereocenters. The third kappa shape index (κ3) is 1.35.